The number of carbonyl (C=O) groups is 3. The highest BCUT2D eigenvalue weighted by Gasteiger charge is 2.51. The molecule has 1 aromatic rings. The number of aliphatic carboxylic acids is 1. The predicted molar refractivity (Wildman–Crippen MR) is 71.9 cm³/mol. The number of carbonyl (C=O) groups excluding carboxylic acids is 3. The maximum absolute atomic E-state index is 12.3. The van der Waals surface area contributed by atoms with Crippen molar-refractivity contribution in [2.75, 3.05) is 0 Å². The summed E-state index contributed by atoms with van der Waals surface area (Å²) in [6.45, 7) is 1.64. The summed E-state index contributed by atoms with van der Waals surface area (Å²) in [5, 5.41) is 11.3. The zero-order valence-electron chi connectivity index (χ0n) is 12.1. The van der Waals surface area contributed by atoms with E-state index in [2.05, 4.69) is 10.9 Å². The van der Waals surface area contributed by atoms with E-state index in [9.17, 15) is 19.5 Å². The van der Waals surface area contributed by atoms with Gasteiger partial charge in [-0.2, -0.15) is 0 Å². The van der Waals surface area contributed by atoms with Crippen molar-refractivity contribution in [2.24, 2.45) is 23.7 Å². The van der Waals surface area contributed by atoms with Gasteiger partial charge in [-0.1, -0.05) is 0 Å². The van der Waals surface area contributed by atoms with Gasteiger partial charge in [-0.15, -0.1) is 0 Å². The summed E-state index contributed by atoms with van der Waals surface area (Å²) in [6.07, 6.45) is 3.80. The van der Waals surface area contributed by atoms with Gasteiger partial charge in [0.2, 0.25) is 5.91 Å². The molecule has 2 fully saturated rings. The van der Waals surface area contributed by atoms with Crippen LogP contribution in [0.25, 0.3) is 0 Å². The number of hydrogen-bond donors (Lipinski definition) is 2. The quantitative estimate of drug-likeness (QED) is 0.749. The van der Waals surface area contributed by atoms with Crippen molar-refractivity contribution in [3.05, 3.63) is 23.7 Å². The SMILES string of the molecule is Cc1occc1C(=O)NNC(=O)[C@@H]1[C@H]2CC[C@@H](C2)[C@@H]1C(=O)[O-]. The molecule has 7 heteroatoms. The molecular formula is C15H17N2O5-. The summed E-state index contributed by atoms with van der Waals surface area (Å²) < 4.78 is 5.02. The molecule has 118 valence electrons. The molecule has 1 heterocycles. The van der Waals surface area contributed by atoms with Crippen LogP contribution in [0.5, 0.6) is 0 Å². The minimum atomic E-state index is -1.18. The standard InChI is InChI=1S/C15H18N2O5/c1-7-10(4-5-22-7)13(18)16-17-14(19)11-8-2-3-9(6-8)12(11)15(20)21/h4-5,8-9,11-12H,2-3,6H2,1H3,(H,16,18)(H,17,19)(H,20,21)/p-1/t8-,9-,11+,12-/m0/s1. The molecule has 2 saturated carbocycles. The van der Waals surface area contributed by atoms with Gasteiger partial charge in [-0.3, -0.25) is 20.4 Å². The molecule has 0 radical (unpaired) electrons. The van der Waals surface area contributed by atoms with Crippen LogP contribution in [0, 0.1) is 30.6 Å². The van der Waals surface area contributed by atoms with E-state index in [0.29, 0.717) is 11.3 Å². The first-order valence-corrected chi connectivity index (χ1v) is 7.34. The molecular weight excluding hydrogens is 288 g/mol. The Hall–Kier alpha value is -2.31. The van der Waals surface area contributed by atoms with E-state index >= 15 is 0 Å². The Morgan fingerprint density at radius 2 is 1.86 bits per heavy atom. The highest BCUT2D eigenvalue weighted by Crippen LogP contribution is 2.52. The molecule has 2 N–H and O–H groups in total. The minimum Gasteiger partial charge on any atom is -0.550 e. The molecule has 0 aromatic carbocycles. The van der Waals surface area contributed by atoms with Crippen molar-refractivity contribution in [1.29, 1.82) is 0 Å². The third-order valence-corrected chi connectivity index (χ3v) is 4.89. The van der Waals surface area contributed by atoms with Gasteiger partial charge in [0.25, 0.3) is 5.91 Å². The number of rotatable bonds is 3. The van der Waals surface area contributed by atoms with Gasteiger partial charge < -0.3 is 14.3 Å². The maximum atomic E-state index is 12.3. The maximum Gasteiger partial charge on any atom is 0.273 e. The Labute approximate surface area is 127 Å². The monoisotopic (exact) mass is 305 g/mol. The van der Waals surface area contributed by atoms with E-state index in [4.69, 9.17) is 4.42 Å². The Morgan fingerprint density at radius 3 is 2.45 bits per heavy atom. The van der Waals surface area contributed by atoms with Gasteiger partial charge in [0.15, 0.2) is 0 Å². The molecule has 22 heavy (non-hydrogen) atoms. The summed E-state index contributed by atoms with van der Waals surface area (Å²) in [5.41, 5.74) is 4.97. The Morgan fingerprint density at radius 1 is 1.18 bits per heavy atom. The second-order valence-corrected chi connectivity index (χ2v) is 6.04. The van der Waals surface area contributed by atoms with Crippen LogP contribution in [0.4, 0.5) is 0 Å². The lowest BCUT2D eigenvalue weighted by molar-refractivity contribution is -0.314. The van der Waals surface area contributed by atoms with Crippen LogP contribution >= 0.6 is 0 Å². The number of carboxylic acids is 1. The van der Waals surface area contributed by atoms with Crippen molar-refractivity contribution < 1.29 is 23.9 Å². The predicted octanol–water partition coefficient (Wildman–Crippen LogP) is -0.239. The number of aryl methyl sites for hydroxylation is 1. The molecule has 2 amide bonds. The zero-order valence-corrected chi connectivity index (χ0v) is 12.1. The van der Waals surface area contributed by atoms with Crippen molar-refractivity contribution in [3.63, 3.8) is 0 Å². The summed E-state index contributed by atoms with van der Waals surface area (Å²) in [4.78, 5) is 35.5. The molecule has 0 unspecified atom stereocenters. The average molecular weight is 305 g/mol. The van der Waals surface area contributed by atoms with Gasteiger partial charge in [0.05, 0.1) is 17.7 Å². The fourth-order valence-corrected chi connectivity index (χ4v) is 3.90. The van der Waals surface area contributed by atoms with Gasteiger partial charge in [0.1, 0.15) is 5.76 Å². The van der Waals surface area contributed by atoms with Gasteiger partial charge in [-0.25, -0.2) is 0 Å². The Kier molecular flexibility index (Phi) is 3.64. The van der Waals surface area contributed by atoms with Crippen LogP contribution in [0.1, 0.15) is 35.4 Å². The molecule has 2 aliphatic rings. The summed E-state index contributed by atoms with van der Waals surface area (Å²) in [5.74, 6) is -3.01. The van der Waals surface area contributed by atoms with Gasteiger partial charge in [-0.05, 0) is 44.1 Å². The van der Waals surface area contributed by atoms with Crippen molar-refractivity contribution in [3.8, 4) is 0 Å². The van der Waals surface area contributed by atoms with Crippen LogP contribution in [0.2, 0.25) is 0 Å². The Bertz CT molecular complexity index is 623. The Balaban J connectivity index is 1.63. The fraction of sp³-hybridized carbons (Fsp3) is 0.533. The van der Waals surface area contributed by atoms with Crippen LogP contribution < -0.4 is 16.0 Å². The van der Waals surface area contributed by atoms with E-state index in [1.807, 2.05) is 0 Å². The average Bonchev–Trinajstić information content (AvgIpc) is 3.18. The highest BCUT2D eigenvalue weighted by atomic mass is 16.4. The van der Waals surface area contributed by atoms with Crippen LogP contribution in [0.15, 0.2) is 16.7 Å². The third kappa shape index (κ3) is 2.36. The zero-order chi connectivity index (χ0) is 15.9. The number of furan rings is 1. The molecule has 1 aromatic heterocycles. The van der Waals surface area contributed by atoms with E-state index in [0.717, 1.165) is 19.3 Å². The largest absolute Gasteiger partial charge is 0.550 e. The highest BCUT2D eigenvalue weighted by molar-refractivity contribution is 5.96. The topological polar surface area (TPSA) is 111 Å². The number of amides is 2. The second kappa shape index (κ2) is 5.47. The third-order valence-electron chi connectivity index (χ3n) is 4.89. The summed E-state index contributed by atoms with van der Waals surface area (Å²) >= 11 is 0. The van der Waals surface area contributed by atoms with E-state index in [1.54, 1.807) is 6.92 Å². The summed E-state index contributed by atoms with van der Waals surface area (Å²) in [7, 11) is 0. The first kappa shape index (κ1) is 14.6. The number of hydrogen-bond acceptors (Lipinski definition) is 5. The van der Waals surface area contributed by atoms with E-state index in [1.165, 1.54) is 12.3 Å². The van der Waals surface area contributed by atoms with E-state index in [-0.39, 0.29) is 11.8 Å². The van der Waals surface area contributed by atoms with Gasteiger partial charge in [0, 0.05) is 11.9 Å². The second-order valence-electron chi connectivity index (χ2n) is 6.04. The summed E-state index contributed by atoms with van der Waals surface area (Å²) in [6, 6.07) is 1.50. The molecule has 2 bridgehead atoms. The first-order chi connectivity index (χ1) is 10.5. The molecule has 0 aliphatic heterocycles. The molecule has 2 aliphatic carbocycles. The van der Waals surface area contributed by atoms with Gasteiger partial charge >= 0.3 is 0 Å². The first-order valence-electron chi connectivity index (χ1n) is 7.34. The molecule has 3 rings (SSSR count). The van der Waals surface area contributed by atoms with E-state index < -0.39 is 29.6 Å². The lowest BCUT2D eigenvalue weighted by atomic mass is 9.79. The number of carboxylic acid groups (broad SMARTS) is 1. The fourth-order valence-electron chi connectivity index (χ4n) is 3.90. The minimum absolute atomic E-state index is 0.0116. The molecule has 0 spiro atoms. The van der Waals surface area contributed by atoms with Crippen LogP contribution in [-0.4, -0.2) is 17.8 Å². The molecule has 7 nitrogen and oxygen atoms in total. The smallest absolute Gasteiger partial charge is 0.273 e. The number of nitrogens with one attached hydrogen (secondary N) is 2. The van der Waals surface area contributed by atoms with Crippen LogP contribution in [0.3, 0.4) is 0 Å². The lowest BCUT2D eigenvalue weighted by Crippen LogP contribution is -2.50. The molecule has 0 saturated heterocycles. The van der Waals surface area contributed by atoms with Crippen molar-refractivity contribution in [2.45, 2.75) is 26.2 Å². The number of fused-ring (bicyclic) bond motifs is 2. The lowest BCUT2D eigenvalue weighted by Gasteiger charge is -2.30. The van der Waals surface area contributed by atoms with Crippen molar-refractivity contribution in [1.82, 2.24) is 10.9 Å². The number of hydrazine groups is 1. The molecule has 4 atom stereocenters. The van der Waals surface area contributed by atoms with Crippen LogP contribution in [-0.2, 0) is 9.59 Å². The normalized spacial score (nSPS) is 29.3. The van der Waals surface area contributed by atoms with Crippen molar-refractivity contribution >= 4 is 17.8 Å².